The lowest BCUT2D eigenvalue weighted by atomic mass is 10.3. The zero-order chi connectivity index (χ0) is 6.15. The predicted octanol–water partition coefficient (Wildman–Crippen LogP) is 0.730. The summed E-state index contributed by atoms with van der Waals surface area (Å²) in [5.41, 5.74) is 5.97. The first-order chi connectivity index (χ1) is 3.72. The number of nitrogens with one attached hydrogen (secondary N) is 1. The van der Waals surface area contributed by atoms with Crippen LogP contribution in [0.2, 0.25) is 0 Å². The van der Waals surface area contributed by atoms with Gasteiger partial charge in [-0.15, -0.1) is 0 Å². The van der Waals surface area contributed by atoms with Crippen molar-refractivity contribution in [2.45, 2.75) is 13.8 Å². The zero-order valence-corrected chi connectivity index (χ0v) is 5.65. The summed E-state index contributed by atoms with van der Waals surface area (Å²) in [4.78, 5) is 0. The minimum Gasteiger partial charge on any atom is -0.316 e. The molecule has 1 N–H and O–H groups in total. The highest BCUT2D eigenvalue weighted by Gasteiger charge is 2.08. The second-order valence-electron chi connectivity index (χ2n) is 2.26. The molecule has 1 aliphatic rings. The molecule has 1 rings (SSSR count). The average molecular weight is 112 g/mol. The Morgan fingerprint density at radius 3 is 2.25 bits per heavy atom. The second kappa shape index (κ2) is 1.78. The van der Waals surface area contributed by atoms with Gasteiger partial charge in [0.05, 0.1) is 0 Å². The Kier molecular flexibility index (Phi) is 1.26. The fourth-order valence-corrected chi connectivity index (χ4v) is 0.770. The van der Waals surface area contributed by atoms with Crippen LogP contribution in [-0.4, -0.2) is 18.6 Å². The summed E-state index contributed by atoms with van der Waals surface area (Å²) in [6.07, 6.45) is 0. The lowest BCUT2D eigenvalue weighted by Crippen LogP contribution is -2.26. The monoisotopic (exact) mass is 112 g/mol. The zero-order valence-electron chi connectivity index (χ0n) is 5.65. The molecule has 46 valence electrons. The van der Waals surface area contributed by atoms with Gasteiger partial charge in [-0.05, 0) is 19.4 Å². The molecule has 1 heterocycles. The molecule has 8 heavy (non-hydrogen) atoms. The molecule has 0 radical (unpaired) electrons. The first-order valence-corrected chi connectivity index (χ1v) is 2.85. The summed E-state index contributed by atoms with van der Waals surface area (Å²) in [7, 11) is 2.03. The molecular formula is C6H12N2. The number of rotatable bonds is 0. The van der Waals surface area contributed by atoms with E-state index in [9.17, 15) is 0 Å². The number of hydrogen-bond acceptors (Lipinski definition) is 2. The van der Waals surface area contributed by atoms with Gasteiger partial charge < -0.3 is 5.01 Å². The molecule has 0 aliphatic carbocycles. The third kappa shape index (κ3) is 0.713. The maximum atomic E-state index is 3.18. The van der Waals surface area contributed by atoms with Crippen molar-refractivity contribution >= 4 is 0 Å². The number of nitrogens with zero attached hydrogens (tertiary/aromatic N) is 1. The van der Waals surface area contributed by atoms with Gasteiger partial charge in [-0.2, -0.15) is 0 Å². The van der Waals surface area contributed by atoms with E-state index in [4.69, 9.17) is 0 Å². The van der Waals surface area contributed by atoms with Crippen LogP contribution >= 0.6 is 0 Å². The lowest BCUT2D eigenvalue weighted by Gasteiger charge is -2.11. The molecule has 0 aromatic rings. The van der Waals surface area contributed by atoms with E-state index in [1.165, 1.54) is 11.3 Å². The van der Waals surface area contributed by atoms with E-state index in [0.717, 1.165) is 6.54 Å². The van der Waals surface area contributed by atoms with Crippen molar-refractivity contribution in [1.29, 1.82) is 0 Å². The first-order valence-electron chi connectivity index (χ1n) is 2.85. The molecule has 2 heteroatoms. The van der Waals surface area contributed by atoms with Gasteiger partial charge in [0.1, 0.15) is 0 Å². The maximum Gasteiger partial charge on any atom is 0.0377 e. The van der Waals surface area contributed by atoms with Crippen LogP contribution in [-0.2, 0) is 0 Å². The third-order valence-corrected chi connectivity index (χ3v) is 1.70. The summed E-state index contributed by atoms with van der Waals surface area (Å²) in [6, 6.07) is 0. The summed E-state index contributed by atoms with van der Waals surface area (Å²) in [5.74, 6) is 0. The average Bonchev–Trinajstić information content (AvgIpc) is 1.98. The molecule has 0 aromatic heterocycles. The van der Waals surface area contributed by atoms with Crippen LogP contribution < -0.4 is 5.43 Å². The van der Waals surface area contributed by atoms with Crippen LogP contribution in [0.15, 0.2) is 11.3 Å². The van der Waals surface area contributed by atoms with Crippen LogP contribution in [0.5, 0.6) is 0 Å². The largest absolute Gasteiger partial charge is 0.316 e. The molecule has 0 spiro atoms. The van der Waals surface area contributed by atoms with E-state index >= 15 is 0 Å². The van der Waals surface area contributed by atoms with E-state index in [0.29, 0.717) is 0 Å². The maximum absolute atomic E-state index is 3.18. The molecule has 0 saturated heterocycles. The Labute approximate surface area is 50.1 Å². The second-order valence-corrected chi connectivity index (χ2v) is 2.26. The number of hydrogen-bond donors (Lipinski definition) is 1. The normalized spacial score (nSPS) is 20.6. The smallest absolute Gasteiger partial charge is 0.0377 e. The summed E-state index contributed by atoms with van der Waals surface area (Å²) < 4.78 is 0. The van der Waals surface area contributed by atoms with Gasteiger partial charge in [0.25, 0.3) is 0 Å². The Morgan fingerprint density at radius 2 is 2.12 bits per heavy atom. The quantitative estimate of drug-likeness (QED) is 0.497. The summed E-state index contributed by atoms with van der Waals surface area (Å²) in [6.45, 7) is 5.28. The van der Waals surface area contributed by atoms with Crippen LogP contribution in [0.4, 0.5) is 0 Å². The van der Waals surface area contributed by atoms with Gasteiger partial charge in [-0.25, -0.2) is 5.43 Å². The van der Waals surface area contributed by atoms with Crippen molar-refractivity contribution in [2.75, 3.05) is 13.6 Å². The Bertz CT molecular complexity index is 126. The van der Waals surface area contributed by atoms with Crippen LogP contribution in [0.1, 0.15) is 13.8 Å². The predicted molar refractivity (Wildman–Crippen MR) is 34.1 cm³/mol. The Morgan fingerprint density at radius 1 is 1.50 bits per heavy atom. The molecule has 0 saturated carbocycles. The fourth-order valence-electron chi connectivity index (χ4n) is 0.770. The van der Waals surface area contributed by atoms with Gasteiger partial charge >= 0.3 is 0 Å². The van der Waals surface area contributed by atoms with Crippen LogP contribution in [0.25, 0.3) is 0 Å². The fraction of sp³-hybridized carbons (Fsp3) is 0.667. The topological polar surface area (TPSA) is 15.3 Å². The number of allylic oxidation sites excluding steroid dienone is 1. The van der Waals surface area contributed by atoms with Crippen molar-refractivity contribution in [3.63, 3.8) is 0 Å². The van der Waals surface area contributed by atoms with Gasteiger partial charge in [0.15, 0.2) is 0 Å². The molecular weight excluding hydrogens is 100 g/mol. The van der Waals surface area contributed by atoms with Gasteiger partial charge in [-0.1, -0.05) is 0 Å². The minimum atomic E-state index is 1.02. The molecule has 0 fully saturated rings. The summed E-state index contributed by atoms with van der Waals surface area (Å²) in [5, 5.41) is 2.05. The molecule has 0 amide bonds. The number of hydrazine groups is 1. The first kappa shape index (κ1) is 5.63. The lowest BCUT2D eigenvalue weighted by molar-refractivity contribution is 0.346. The SMILES string of the molecule is CC1=C(C)N(C)NC1. The van der Waals surface area contributed by atoms with E-state index < -0.39 is 0 Å². The Balaban J connectivity index is 2.71. The third-order valence-electron chi connectivity index (χ3n) is 1.70. The van der Waals surface area contributed by atoms with Crippen molar-refractivity contribution in [2.24, 2.45) is 0 Å². The van der Waals surface area contributed by atoms with Gasteiger partial charge in [-0.3, -0.25) is 0 Å². The van der Waals surface area contributed by atoms with Gasteiger partial charge in [0.2, 0.25) is 0 Å². The molecule has 2 nitrogen and oxygen atoms in total. The van der Waals surface area contributed by atoms with Crippen molar-refractivity contribution < 1.29 is 0 Å². The highest BCUT2D eigenvalue weighted by molar-refractivity contribution is 5.13. The van der Waals surface area contributed by atoms with Crippen LogP contribution in [0, 0.1) is 0 Å². The molecule has 0 bridgehead atoms. The molecule has 0 atom stereocenters. The summed E-state index contributed by atoms with van der Waals surface area (Å²) >= 11 is 0. The van der Waals surface area contributed by atoms with Crippen LogP contribution in [0.3, 0.4) is 0 Å². The minimum absolute atomic E-state index is 1.02. The van der Waals surface area contributed by atoms with Crippen molar-refractivity contribution in [3.05, 3.63) is 11.3 Å². The van der Waals surface area contributed by atoms with E-state index in [1.807, 2.05) is 7.05 Å². The standard InChI is InChI=1S/C6H12N2/c1-5-4-7-8(3)6(5)2/h7H,4H2,1-3H3. The molecule has 1 aliphatic heterocycles. The Hall–Kier alpha value is -0.500. The van der Waals surface area contributed by atoms with Gasteiger partial charge in [0, 0.05) is 19.3 Å². The highest BCUT2D eigenvalue weighted by atomic mass is 15.5. The molecule has 0 aromatic carbocycles. The van der Waals surface area contributed by atoms with Crippen molar-refractivity contribution in [3.8, 4) is 0 Å². The van der Waals surface area contributed by atoms with E-state index in [1.54, 1.807) is 0 Å². The highest BCUT2D eigenvalue weighted by Crippen LogP contribution is 2.09. The van der Waals surface area contributed by atoms with E-state index in [-0.39, 0.29) is 0 Å². The van der Waals surface area contributed by atoms with Crippen molar-refractivity contribution in [1.82, 2.24) is 10.4 Å². The van der Waals surface area contributed by atoms with E-state index in [2.05, 4.69) is 24.3 Å². The molecule has 0 unspecified atom stereocenters.